The third-order valence-corrected chi connectivity index (χ3v) is 6.20. The van der Waals surface area contributed by atoms with Gasteiger partial charge in [0.15, 0.2) is 0 Å². The minimum atomic E-state index is -0.223. The fraction of sp³-hybridized carbons (Fsp3) is 0.364. The van der Waals surface area contributed by atoms with Crippen LogP contribution in [0.4, 0.5) is 0 Å². The Bertz CT molecular complexity index is 860. The van der Waals surface area contributed by atoms with Gasteiger partial charge in [-0.05, 0) is 49.2 Å². The van der Waals surface area contributed by atoms with Gasteiger partial charge in [-0.15, -0.1) is 0 Å². The lowest BCUT2D eigenvalue weighted by Crippen LogP contribution is -2.53. The van der Waals surface area contributed by atoms with Crippen molar-refractivity contribution in [1.82, 2.24) is 10.6 Å². The molecule has 2 aromatic carbocycles. The van der Waals surface area contributed by atoms with Crippen molar-refractivity contribution >= 4 is 43.7 Å². The van der Waals surface area contributed by atoms with Crippen molar-refractivity contribution in [3.63, 3.8) is 0 Å². The second kappa shape index (κ2) is 10.3. The van der Waals surface area contributed by atoms with Crippen molar-refractivity contribution in [2.24, 2.45) is 0 Å². The molecule has 3 rings (SSSR count). The fourth-order valence-corrected chi connectivity index (χ4v) is 4.41. The average molecular weight is 540 g/mol. The molecule has 0 spiro atoms. The number of nitrogens with one attached hydrogen (secondary N) is 2. The standard InChI is InChI=1S/C22H24Br2N2O4/c1-29-19-9-7-13(23)11-15(19)21(27)25-17-5-3-4-6-18(17)26-22(28)16-12-14(24)8-10-20(16)30-2/h7-12,17-18H,3-6H2,1-2H3,(H,25,27)(H,26,28). The van der Waals surface area contributed by atoms with E-state index in [-0.39, 0.29) is 23.9 Å². The van der Waals surface area contributed by atoms with Gasteiger partial charge in [-0.1, -0.05) is 44.7 Å². The molecule has 0 heterocycles. The van der Waals surface area contributed by atoms with E-state index in [9.17, 15) is 9.59 Å². The molecule has 2 atom stereocenters. The van der Waals surface area contributed by atoms with Gasteiger partial charge < -0.3 is 20.1 Å². The maximum atomic E-state index is 12.9. The van der Waals surface area contributed by atoms with Crippen LogP contribution < -0.4 is 20.1 Å². The van der Waals surface area contributed by atoms with Crippen molar-refractivity contribution in [3.8, 4) is 11.5 Å². The van der Waals surface area contributed by atoms with Crippen LogP contribution in [0.2, 0.25) is 0 Å². The van der Waals surface area contributed by atoms with Crippen LogP contribution in [0.1, 0.15) is 46.4 Å². The minimum absolute atomic E-state index is 0.169. The quantitative estimate of drug-likeness (QED) is 0.558. The van der Waals surface area contributed by atoms with Crippen molar-refractivity contribution in [2.45, 2.75) is 37.8 Å². The van der Waals surface area contributed by atoms with Gasteiger partial charge in [-0.25, -0.2) is 0 Å². The predicted molar refractivity (Wildman–Crippen MR) is 122 cm³/mol. The molecule has 0 aromatic heterocycles. The van der Waals surface area contributed by atoms with E-state index < -0.39 is 0 Å². The number of halogens is 2. The van der Waals surface area contributed by atoms with Crippen molar-refractivity contribution in [3.05, 3.63) is 56.5 Å². The van der Waals surface area contributed by atoms with Gasteiger partial charge in [0.05, 0.1) is 25.3 Å². The van der Waals surface area contributed by atoms with E-state index in [1.165, 1.54) is 14.2 Å². The van der Waals surface area contributed by atoms with Crippen LogP contribution in [-0.4, -0.2) is 38.1 Å². The van der Waals surface area contributed by atoms with Crippen LogP contribution in [0.25, 0.3) is 0 Å². The summed E-state index contributed by atoms with van der Waals surface area (Å²) >= 11 is 6.80. The van der Waals surface area contributed by atoms with Crippen molar-refractivity contribution in [2.75, 3.05) is 14.2 Å². The van der Waals surface area contributed by atoms with Crippen LogP contribution >= 0.6 is 31.9 Å². The number of hydrogen-bond donors (Lipinski definition) is 2. The summed E-state index contributed by atoms with van der Waals surface area (Å²) in [6.45, 7) is 0. The van der Waals surface area contributed by atoms with Gasteiger partial charge >= 0.3 is 0 Å². The predicted octanol–water partition coefficient (Wildman–Crippen LogP) is 4.70. The highest BCUT2D eigenvalue weighted by Crippen LogP contribution is 2.26. The Kier molecular flexibility index (Phi) is 7.77. The van der Waals surface area contributed by atoms with E-state index in [0.717, 1.165) is 34.6 Å². The molecule has 1 aliphatic rings. The molecule has 30 heavy (non-hydrogen) atoms. The van der Waals surface area contributed by atoms with Crippen LogP contribution in [-0.2, 0) is 0 Å². The lowest BCUT2D eigenvalue weighted by atomic mass is 9.89. The number of ether oxygens (including phenoxy) is 2. The van der Waals surface area contributed by atoms with Gasteiger partial charge in [0, 0.05) is 21.0 Å². The van der Waals surface area contributed by atoms with E-state index in [1.807, 2.05) is 12.1 Å². The zero-order valence-corrected chi connectivity index (χ0v) is 20.0. The number of carbonyl (C=O) groups excluding carboxylic acids is 2. The fourth-order valence-electron chi connectivity index (χ4n) is 3.68. The van der Waals surface area contributed by atoms with Crippen LogP contribution in [0, 0.1) is 0 Å². The first-order valence-electron chi connectivity index (χ1n) is 9.71. The van der Waals surface area contributed by atoms with Crippen LogP contribution in [0.3, 0.4) is 0 Å². The molecular formula is C22H24Br2N2O4. The van der Waals surface area contributed by atoms with E-state index in [2.05, 4.69) is 42.5 Å². The molecule has 1 saturated carbocycles. The Morgan fingerprint density at radius 3 is 1.57 bits per heavy atom. The Balaban J connectivity index is 1.76. The molecule has 0 saturated heterocycles. The molecule has 160 valence electrons. The third-order valence-electron chi connectivity index (χ3n) is 5.21. The summed E-state index contributed by atoms with van der Waals surface area (Å²) < 4.78 is 12.2. The van der Waals surface area contributed by atoms with Gasteiger partial charge in [0.25, 0.3) is 11.8 Å². The topological polar surface area (TPSA) is 76.7 Å². The third kappa shape index (κ3) is 5.35. The summed E-state index contributed by atoms with van der Waals surface area (Å²) in [5.74, 6) is 0.565. The van der Waals surface area contributed by atoms with Gasteiger partial charge in [0.1, 0.15) is 11.5 Å². The molecule has 6 nitrogen and oxygen atoms in total. The molecule has 0 radical (unpaired) electrons. The summed E-state index contributed by atoms with van der Waals surface area (Å²) in [5.41, 5.74) is 0.910. The normalized spacial score (nSPS) is 18.4. The molecular weight excluding hydrogens is 516 g/mol. The summed E-state index contributed by atoms with van der Waals surface area (Å²) in [4.78, 5) is 25.9. The van der Waals surface area contributed by atoms with Crippen LogP contribution in [0.15, 0.2) is 45.3 Å². The molecule has 1 fully saturated rings. The monoisotopic (exact) mass is 538 g/mol. The van der Waals surface area contributed by atoms with Gasteiger partial charge in [0.2, 0.25) is 0 Å². The molecule has 0 bridgehead atoms. The van der Waals surface area contributed by atoms with E-state index in [1.54, 1.807) is 24.3 Å². The Hall–Kier alpha value is -2.06. The lowest BCUT2D eigenvalue weighted by Gasteiger charge is -2.33. The molecule has 2 aromatic rings. The first kappa shape index (κ1) is 22.6. The summed E-state index contributed by atoms with van der Waals surface area (Å²) in [7, 11) is 3.07. The van der Waals surface area contributed by atoms with Crippen molar-refractivity contribution < 1.29 is 19.1 Å². The molecule has 2 amide bonds. The smallest absolute Gasteiger partial charge is 0.255 e. The Morgan fingerprint density at radius 2 is 1.20 bits per heavy atom. The molecule has 2 N–H and O–H groups in total. The highest BCUT2D eigenvalue weighted by atomic mass is 79.9. The summed E-state index contributed by atoms with van der Waals surface area (Å²) in [6.07, 6.45) is 3.57. The number of methoxy groups -OCH3 is 2. The van der Waals surface area contributed by atoms with E-state index in [4.69, 9.17) is 9.47 Å². The number of amides is 2. The maximum absolute atomic E-state index is 12.9. The second-order valence-electron chi connectivity index (χ2n) is 7.13. The first-order valence-corrected chi connectivity index (χ1v) is 11.3. The highest BCUT2D eigenvalue weighted by molar-refractivity contribution is 9.10. The van der Waals surface area contributed by atoms with E-state index in [0.29, 0.717) is 22.6 Å². The number of rotatable bonds is 6. The second-order valence-corrected chi connectivity index (χ2v) is 8.96. The SMILES string of the molecule is COc1ccc(Br)cc1C(=O)NC1CCCCC1NC(=O)c1cc(Br)ccc1OC. The first-order chi connectivity index (χ1) is 14.4. The maximum Gasteiger partial charge on any atom is 0.255 e. The number of carbonyl (C=O) groups is 2. The Morgan fingerprint density at radius 1 is 0.800 bits per heavy atom. The number of benzene rings is 2. The largest absolute Gasteiger partial charge is 0.496 e. The van der Waals surface area contributed by atoms with Gasteiger partial charge in [-0.3, -0.25) is 9.59 Å². The summed E-state index contributed by atoms with van der Waals surface area (Å²) in [5, 5.41) is 6.18. The van der Waals surface area contributed by atoms with Crippen LogP contribution in [0.5, 0.6) is 11.5 Å². The molecule has 0 aliphatic heterocycles. The zero-order valence-electron chi connectivity index (χ0n) is 16.8. The van der Waals surface area contributed by atoms with E-state index >= 15 is 0 Å². The summed E-state index contributed by atoms with van der Waals surface area (Å²) in [6, 6.07) is 10.3. The molecule has 8 heteroatoms. The number of hydrogen-bond acceptors (Lipinski definition) is 4. The van der Waals surface area contributed by atoms with Crippen molar-refractivity contribution in [1.29, 1.82) is 0 Å². The minimum Gasteiger partial charge on any atom is -0.496 e. The zero-order chi connectivity index (χ0) is 21.7. The average Bonchev–Trinajstić information content (AvgIpc) is 2.75. The lowest BCUT2D eigenvalue weighted by molar-refractivity contribution is 0.0859. The molecule has 2 unspecified atom stereocenters. The highest BCUT2D eigenvalue weighted by Gasteiger charge is 2.29. The Labute approximate surface area is 193 Å². The van der Waals surface area contributed by atoms with Gasteiger partial charge in [-0.2, -0.15) is 0 Å². The molecule has 1 aliphatic carbocycles.